The van der Waals surface area contributed by atoms with Gasteiger partial charge in [0.15, 0.2) is 0 Å². The van der Waals surface area contributed by atoms with E-state index in [0.29, 0.717) is 26.1 Å². The maximum Gasteiger partial charge on any atom is 0.311 e. The van der Waals surface area contributed by atoms with Crippen LogP contribution in [0.5, 0.6) is 0 Å². The molecule has 1 aromatic rings. The third kappa shape index (κ3) is 3.51. The van der Waals surface area contributed by atoms with E-state index in [1.54, 1.807) is 0 Å². The highest BCUT2D eigenvalue weighted by atomic mass is 35.5. The van der Waals surface area contributed by atoms with Crippen LogP contribution in [0, 0.1) is 11.2 Å². The minimum Gasteiger partial charge on any atom is -0.481 e. The molecule has 1 amide bonds. The van der Waals surface area contributed by atoms with Gasteiger partial charge in [-0.05, 0) is 31.0 Å². The molecule has 1 heterocycles. The Morgan fingerprint density at radius 2 is 2.05 bits per heavy atom. The third-order valence-electron chi connectivity index (χ3n) is 3.66. The Balaban J connectivity index is 2.08. The van der Waals surface area contributed by atoms with Gasteiger partial charge in [0.05, 0.1) is 11.0 Å². The molecule has 0 unspecified atom stereocenters. The van der Waals surface area contributed by atoms with Crippen LogP contribution in [0.25, 0.3) is 0 Å². The molecule has 0 bridgehead atoms. The van der Waals surface area contributed by atoms with Crippen LogP contribution in [0.3, 0.4) is 0 Å². The molecule has 0 aliphatic carbocycles. The number of hydrogen-bond acceptors (Lipinski definition) is 3. The first-order valence-electron chi connectivity index (χ1n) is 6.49. The van der Waals surface area contributed by atoms with E-state index in [2.05, 4.69) is 5.32 Å². The molecule has 1 aliphatic heterocycles. The van der Waals surface area contributed by atoms with Gasteiger partial charge in [0, 0.05) is 24.8 Å². The first-order chi connectivity index (χ1) is 9.94. The number of rotatable bonds is 4. The Labute approximate surface area is 126 Å². The molecule has 2 N–H and O–H groups in total. The lowest BCUT2D eigenvalue weighted by atomic mass is 9.80. The van der Waals surface area contributed by atoms with E-state index in [1.807, 2.05) is 0 Å². The molecule has 0 spiro atoms. The summed E-state index contributed by atoms with van der Waals surface area (Å²) in [6, 6.07) is 3.65. The van der Waals surface area contributed by atoms with Crippen molar-refractivity contribution in [1.82, 2.24) is 5.32 Å². The van der Waals surface area contributed by atoms with Crippen molar-refractivity contribution < 1.29 is 23.8 Å². The van der Waals surface area contributed by atoms with Crippen LogP contribution in [0.4, 0.5) is 4.39 Å². The second-order valence-electron chi connectivity index (χ2n) is 5.00. The molecular weight excluding hydrogens is 301 g/mol. The predicted molar refractivity (Wildman–Crippen MR) is 73.9 cm³/mol. The lowest BCUT2D eigenvalue weighted by Crippen LogP contribution is -2.46. The van der Waals surface area contributed by atoms with Gasteiger partial charge in [-0.25, -0.2) is 4.39 Å². The zero-order valence-corrected chi connectivity index (χ0v) is 12.0. The fraction of sp³-hybridized carbons (Fsp3) is 0.429. The Bertz CT molecular complexity index is 558. The van der Waals surface area contributed by atoms with Gasteiger partial charge in [-0.3, -0.25) is 9.59 Å². The number of aliphatic carboxylic acids is 1. The average molecular weight is 316 g/mol. The number of carboxylic acid groups (broad SMARTS) is 1. The number of carboxylic acids is 1. The number of amides is 1. The van der Waals surface area contributed by atoms with Gasteiger partial charge >= 0.3 is 5.97 Å². The van der Waals surface area contributed by atoms with Crippen molar-refractivity contribution in [3.05, 3.63) is 34.6 Å². The van der Waals surface area contributed by atoms with Gasteiger partial charge in [-0.2, -0.15) is 0 Å². The van der Waals surface area contributed by atoms with Crippen molar-refractivity contribution in [3.8, 4) is 0 Å². The second-order valence-corrected chi connectivity index (χ2v) is 5.44. The number of ether oxygens (including phenoxy) is 1. The van der Waals surface area contributed by atoms with Gasteiger partial charge in [0.2, 0.25) is 0 Å². The van der Waals surface area contributed by atoms with Crippen molar-refractivity contribution in [2.24, 2.45) is 5.41 Å². The molecular formula is C14H15ClFNO4. The number of halogens is 2. The lowest BCUT2D eigenvalue weighted by Gasteiger charge is -2.33. The molecule has 1 aliphatic rings. The Hall–Kier alpha value is -1.66. The maximum atomic E-state index is 13.6. The largest absolute Gasteiger partial charge is 0.481 e. The molecule has 114 valence electrons. The van der Waals surface area contributed by atoms with Crippen LogP contribution in [0.2, 0.25) is 5.02 Å². The summed E-state index contributed by atoms with van der Waals surface area (Å²) in [5.74, 6) is -2.37. The van der Waals surface area contributed by atoms with Crippen LogP contribution >= 0.6 is 11.6 Å². The fourth-order valence-electron chi connectivity index (χ4n) is 2.24. The standard InChI is InChI=1S/C14H15ClFNO4/c15-9-1-2-11(16)10(7-9)12(18)17-8-14(13(19)20)3-5-21-6-4-14/h1-2,7H,3-6,8H2,(H,17,18)(H,19,20). The van der Waals surface area contributed by atoms with Crippen molar-refractivity contribution in [2.75, 3.05) is 19.8 Å². The summed E-state index contributed by atoms with van der Waals surface area (Å²) in [6.45, 7) is 0.581. The molecule has 21 heavy (non-hydrogen) atoms. The fourth-order valence-corrected chi connectivity index (χ4v) is 2.42. The Morgan fingerprint density at radius 1 is 1.38 bits per heavy atom. The molecule has 0 saturated carbocycles. The predicted octanol–water partition coefficient (Wildman–Crippen LogP) is 2.09. The first kappa shape index (κ1) is 15.7. The topological polar surface area (TPSA) is 75.6 Å². The van der Waals surface area contributed by atoms with E-state index in [-0.39, 0.29) is 17.1 Å². The highest BCUT2D eigenvalue weighted by Crippen LogP contribution is 2.30. The van der Waals surface area contributed by atoms with Crippen LogP contribution in [-0.4, -0.2) is 36.7 Å². The summed E-state index contributed by atoms with van der Waals surface area (Å²) in [4.78, 5) is 23.4. The van der Waals surface area contributed by atoms with Crippen molar-refractivity contribution >= 4 is 23.5 Å². The summed E-state index contributed by atoms with van der Waals surface area (Å²) >= 11 is 5.73. The normalized spacial score (nSPS) is 17.2. The molecule has 0 aromatic heterocycles. The molecule has 2 rings (SSSR count). The number of carbonyl (C=O) groups excluding carboxylic acids is 1. The van der Waals surface area contributed by atoms with Crippen LogP contribution in [0.15, 0.2) is 18.2 Å². The van der Waals surface area contributed by atoms with Gasteiger partial charge < -0.3 is 15.2 Å². The molecule has 0 atom stereocenters. The van der Waals surface area contributed by atoms with Crippen molar-refractivity contribution in [1.29, 1.82) is 0 Å². The van der Waals surface area contributed by atoms with Crippen LogP contribution in [0.1, 0.15) is 23.2 Å². The number of carbonyl (C=O) groups is 2. The second kappa shape index (κ2) is 6.41. The van der Waals surface area contributed by atoms with E-state index in [4.69, 9.17) is 16.3 Å². The summed E-state index contributed by atoms with van der Waals surface area (Å²) in [5, 5.41) is 12.1. The molecule has 1 aromatic carbocycles. The zero-order valence-electron chi connectivity index (χ0n) is 11.2. The molecule has 1 saturated heterocycles. The first-order valence-corrected chi connectivity index (χ1v) is 6.87. The summed E-state index contributed by atoms with van der Waals surface area (Å²) < 4.78 is 18.7. The van der Waals surface area contributed by atoms with E-state index < -0.39 is 23.1 Å². The van der Waals surface area contributed by atoms with Gasteiger partial charge in [-0.1, -0.05) is 11.6 Å². The summed E-state index contributed by atoms with van der Waals surface area (Å²) in [5.41, 5.74) is -1.27. The van der Waals surface area contributed by atoms with Crippen molar-refractivity contribution in [3.63, 3.8) is 0 Å². The SMILES string of the molecule is O=C(NCC1(C(=O)O)CCOCC1)c1cc(Cl)ccc1F. The smallest absolute Gasteiger partial charge is 0.311 e. The molecule has 1 fully saturated rings. The van der Waals surface area contributed by atoms with Crippen molar-refractivity contribution in [2.45, 2.75) is 12.8 Å². The number of nitrogens with one attached hydrogen (secondary N) is 1. The molecule has 7 heteroatoms. The van der Waals surface area contributed by atoms with E-state index >= 15 is 0 Å². The quantitative estimate of drug-likeness (QED) is 0.892. The van der Waals surface area contributed by atoms with E-state index in [1.165, 1.54) is 12.1 Å². The minimum absolute atomic E-state index is 0.0729. The Morgan fingerprint density at radius 3 is 2.67 bits per heavy atom. The highest BCUT2D eigenvalue weighted by molar-refractivity contribution is 6.31. The maximum absolute atomic E-state index is 13.6. The van der Waals surface area contributed by atoms with E-state index in [0.717, 1.165) is 6.07 Å². The molecule has 5 nitrogen and oxygen atoms in total. The average Bonchev–Trinajstić information content (AvgIpc) is 2.48. The summed E-state index contributed by atoms with van der Waals surface area (Å²) in [6.07, 6.45) is 0.612. The monoisotopic (exact) mass is 315 g/mol. The van der Waals surface area contributed by atoms with Crippen LogP contribution in [-0.2, 0) is 9.53 Å². The number of hydrogen-bond donors (Lipinski definition) is 2. The van der Waals surface area contributed by atoms with Gasteiger partial charge in [0.1, 0.15) is 5.82 Å². The highest BCUT2D eigenvalue weighted by Gasteiger charge is 2.40. The third-order valence-corrected chi connectivity index (χ3v) is 3.90. The Kier molecular flexibility index (Phi) is 4.80. The van der Waals surface area contributed by atoms with Gasteiger partial charge in [0.25, 0.3) is 5.91 Å². The van der Waals surface area contributed by atoms with Gasteiger partial charge in [-0.15, -0.1) is 0 Å². The number of benzene rings is 1. The zero-order chi connectivity index (χ0) is 15.5. The lowest BCUT2D eigenvalue weighted by molar-refractivity contribution is -0.154. The molecule has 0 radical (unpaired) electrons. The van der Waals surface area contributed by atoms with E-state index in [9.17, 15) is 19.1 Å². The van der Waals surface area contributed by atoms with Crippen LogP contribution < -0.4 is 5.32 Å². The minimum atomic E-state index is -1.07. The summed E-state index contributed by atoms with van der Waals surface area (Å²) in [7, 11) is 0.